The van der Waals surface area contributed by atoms with Gasteiger partial charge in [-0.1, -0.05) is 24.3 Å². The summed E-state index contributed by atoms with van der Waals surface area (Å²) in [5, 5.41) is 0. The van der Waals surface area contributed by atoms with Gasteiger partial charge in [-0.05, 0) is 30.4 Å². The van der Waals surface area contributed by atoms with Crippen LogP contribution in [0.4, 0.5) is 0 Å². The number of hydrogen-bond donors (Lipinski definition) is 0. The molecule has 1 atom stereocenters. The quantitative estimate of drug-likeness (QED) is 0.793. The number of sulfonamides is 1. The zero-order chi connectivity index (χ0) is 17.2. The van der Waals surface area contributed by atoms with E-state index in [1.807, 2.05) is 18.2 Å². The third-order valence-corrected chi connectivity index (χ3v) is 5.91. The Morgan fingerprint density at radius 3 is 2.75 bits per heavy atom. The molecular weight excluding hydrogens is 328 g/mol. The van der Waals surface area contributed by atoms with E-state index >= 15 is 0 Å². The highest BCUT2D eigenvalue weighted by Crippen LogP contribution is 2.19. The van der Waals surface area contributed by atoms with Crippen LogP contribution in [0, 0.1) is 0 Å². The minimum absolute atomic E-state index is 0.102. The standard InChI is InChI=1S/C17H24N2O4S/c1-24(21,22)19(12-16-7-4-10-23-16)13-17(20)18-9-8-14-5-2-3-6-15(14)11-18/h2-3,5-6,16H,4,7-13H2,1H3. The van der Waals surface area contributed by atoms with Crippen LogP contribution in [-0.4, -0.2) is 62.1 Å². The Kier molecular flexibility index (Phi) is 5.22. The molecule has 0 bridgehead atoms. The van der Waals surface area contributed by atoms with Crippen LogP contribution < -0.4 is 0 Å². The number of fused-ring (bicyclic) bond motifs is 1. The second kappa shape index (κ2) is 7.21. The van der Waals surface area contributed by atoms with Gasteiger partial charge in [0.15, 0.2) is 0 Å². The smallest absolute Gasteiger partial charge is 0.238 e. The van der Waals surface area contributed by atoms with E-state index in [0.717, 1.165) is 31.1 Å². The van der Waals surface area contributed by atoms with E-state index in [2.05, 4.69) is 6.07 Å². The molecule has 1 fully saturated rings. The zero-order valence-electron chi connectivity index (χ0n) is 14.0. The number of carbonyl (C=O) groups excluding carboxylic acids is 1. The van der Waals surface area contributed by atoms with Gasteiger partial charge in [-0.15, -0.1) is 0 Å². The van der Waals surface area contributed by atoms with Gasteiger partial charge in [-0.25, -0.2) is 8.42 Å². The largest absolute Gasteiger partial charge is 0.377 e. The molecule has 2 aliphatic rings. The van der Waals surface area contributed by atoms with E-state index in [1.165, 1.54) is 9.87 Å². The maximum Gasteiger partial charge on any atom is 0.238 e. The highest BCUT2D eigenvalue weighted by atomic mass is 32.2. The van der Waals surface area contributed by atoms with Crippen molar-refractivity contribution in [1.82, 2.24) is 9.21 Å². The van der Waals surface area contributed by atoms with E-state index < -0.39 is 10.0 Å². The van der Waals surface area contributed by atoms with Crippen molar-refractivity contribution < 1.29 is 17.9 Å². The van der Waals surface area contributed by atoms with E-state index in [0.29, 0.717) is 19.7 Å². The molecule has 0 saturated carbocycles. The summed E-state index contributed by atoms with van der Waals surface area (Å²) in [6.07, 6.45) is 3.65. The molecule has 1 aromatic rings. The van der Waals surface area contributed by atoms with Gasteiger partial charge in [0, 0.05) is 26.2 Å². The highest BCUT2D eigenvalue weighted by Gasteiger charge is 2.29. The Labute approximate surface area is 143 Å². The Morgan fingerprint density at radius 2 is 2.08 bits per heavy atom. The first kappa shape index (κ1) is 17.4. The molecule has 7 heteroatoms. The molecule has 0 spiro atoms. The maximum atomic E-state index is 12.6. The van der Waals surface area contributed by atoms with Gasteiger partial charge in [-0.2, -0.15) is 4.31 Å². The molecule has 1 aromatic carbocycles. The van der Waals surface area contributed by atoms with Crippen LogP contribution in [0.5, 0.6) is 0 Å². The summed E-state index contributed by atoms with van der Waals surface area (Å²) in [7, 11) is -3.44. The molecule has 24 heavy (non-hydrogen) atoms. The van der Waals surface area contributed by atoms with Crippen molar-refractivity contribution in [2.75, 3.05) is 32.5 Å². The highest BCUT2D eigenvalue weighted by molar-refractivity contribution is 7.88. The van der Waals surface area contributed by atoms with Gasteiger partial charge in [0.2, 0.25) is 15.9 Å². The Bertz CT molecular complexity index is 698. The van der Waals surface area contributed by atoms with Gasteiger partial charge in [0.1, 0.15) is 0 Å². The molecule has 2 aliphatic heterocycles. The van der Waals surface area contributed by atoms with Crippen molar-refractivity contribution in [1.29, 1.82) is 0 Å². The van der Waals surface area contributed by atoms with E-state index in [1.54, 1.807) is 4.90 Å². The molecule has 0 aromatic heterocycles. The fourth-order valence-electron chi connectivity index (χ4n) is 3.29. The fourth-order valence-corrected chi connectivity index (χ4v) is 4.07. The predicted molar refractivity (Wildman–Crippen MR) is 91.0 cm³/mol. The Balaban J connectivity index is 1.65. The van der Waals surface area contributed by atoms with Crippen LogP contribution in [0.15, 0.2) is 24.3 Å². The van der Waals surface area contributed by atoms with Crippen molar-refractivity contribution in [2.45, 2.75) is 31.9 Å². The topological polar surface area (TPSA) is 66.9 Å². The fraction of sp³-hybridized carbons (Fsp3) is 0.588. The molecule has 3 rings (SSSR count). The molecule has 1 amide bonds. The average molecular weight is 352 g/mol. The van der Waals surface area contributed by atoms with Crippen LogP contribution in [0.2, 0.25) is 0 Å². The van der Waals surface area contributed by atoms with Crippen molar-refractivity contribution in [3.63, 3.8) is 0 Å². The predicted octanol–water partition coefficient (Wildman–Crippen LogP) is 1.01. The van der Waals surface area contributed by atoms with Gasteiger partial charge >= 0.3 is 0 Å². The lowest BCUT2D eigenvalue weighted by molar-refractivity contribution is -0.132. The minimum Gasteiger partial charge on any atom is -0.377 e. The molecule has 0 radical (unpaired) electrons. The molecule has 1 unspecified atom stereocenters. The third kappa shape index (κ3) is 4.15. The lowest BCUT2D eigenvalue weighted by Crippen LogP contribution is -2.46. The zero-order valence-corrected chi connectivity index (χ0v) is 14.8. The number of hydrogen-bond acceptors (Lipinski definition) is 4. The summed E-state index contributed by atoms with van der Waals surface area (Å²) in [4.78, 5) is 14.4. The van der Waals surface area contributed by atoms with Crippen molar-refractivity contribution >= 4 is 15.9 Å². The number of amides is 1. The SMILES string of the molecule is CS(=O)(=O)N(CC(=O)N1CCc2ccccc2C1)CC1CCCO1. The molecule has 6 nitrogen and oxygen atoms in total. The summed E-state index contributed by atoms with van der Waals surface area (Å²) in [6.45, 7) is 1.99. The Hall–Kier alpha value is -1.44. The van der Waals surface area contributed by atoms with Crippen LogP contribution in [0.3, 0.4) is 0 Å². The second-order valence-corrected chi connectivity index (χ2v) is 8.51. The van der Waals surface area contributed by atoms with E-state index in [4.69, 9.17) is 4.74 Å². The van der Waals surface area contributed by atoms with E-state index in [-0.39, 0.29) is 25.1 Å². The lowest BCUT2D eigenvalue weighted by Gasteiger charge is -2.31. The van der Waals surface area contributed by atoms with Gasteiger partial charge in [0.25, 0.3) is 0 Å². The number of benzene rings is 1. The van der Waals surface area contributed by atoms with Crippen LogP contribution >= 0.6 is 0 Å². The van der Waals surface area contributed by atoms with Crippen molar-refractivity contribution in [3.8, 4) is 0 Å². The summed E-state index contributed by atoms with van der Waals surface area (Å²) in [5.41, 5.74) is 2.41. The summed E-state index contributed by atoms with van der Waals surface area (Å²) in [5.74, 6) is -0.145. The van der Waals surface area contributed by atoms with Crippen LogP contribution in [-0.2, 0) is 32.5 Å². The van der Waals surface area contributed by atoms with Gasteiger partial charge in [-0.3, -0.25) is 4.79 Å². The Morgan fingerprint density at radius 1 is 1.33 bits per heavy atom. The van der Waals surface area contributed by atoms with Gasteiger partial charge in [0.05, 0.1) is 18.9 Å². The molecule has 2 heterocycles. The number of carbonyl (C=O) groups is 1. The van der Waals surface area contributed by atoms with Crippen LogP contribution in [0.1, 0.15) is 24.0 Å². The first-order chi connectivity index (χ1) is 11.4. The normalized spacial score (nSPS) is 21.1. The molecule has 0 N–H and O–H groups in total. The summed E-state index contributed by atoms with van der Waals surface area (Å²) < 4.78 is 30.8. The number of rotatable bonds is 5. The molecule has 132 valence electrons. The van der Waals surface area contributed by atoms with E-state index in [9.17, 15) is 13.2 Å². The van der Waals surface area contributed by atoms with Crippen LogP contribution in [0.25, 0.3) is 0 Å². The monoisotopic (exact) mass is 352 g/mol. The summed E-state index contributed by atoms with van der Waals surface area (Å²) in [6, 6.07) is 8.07. The third-order valence-electron chi connectivity index (χ3n) is 4.70. The second-order valence-electron chi connectivity index (χ2n) is 6.52. The first-order valence-corrected chi connectivity index (χ1v) is 10.2. The first-order valence-electron chi connectivity index (χ1n) is 8.35. The minimum atomic E-state index is -3.44. The lowest BCUT2D eigenvalue weighted by atomic mass is 10.00. The van der Waals surface area contributed by atoms with Gasteiger partial charge < -0.3 is 9.64 Å². The number of nitrogens with zero attached hydrogens (tertiary/aromatic N) is 2. The molecular formula is C17H24N2O4S. The molecule has 1 saturated heterocycles. The van der Waals surface area contributed by atoms with Crippen molar-refractivity contribution in [2.24, 2.45) is 0 Å². The maximum absolute atomic E-state index is 12.6. The number of ether oxygens (including phenoxy) is 1. The summed E-state index contributed by atoms with van der Waals surface area (Å²) >= 11 is 0. The average Bonchev–Trinajstić information content (AvgIpc) is 3.06. The molecule has 0 aliphatic carbocycles. The van der Waals surface area contributed by atoms with Crippen molar-refractivity contribution in [3.05, 3.63) is 35.4 Å².